The molecule has 0 aromatic heterocycles. The maximum atomic E-state index is 12.7. The van der Waals surface area contributed by atoms with E-state index in [9.17, 15) is 14.4 Å². The van der Waals surface area contributed by atoms with Crippen molar-refractivity contribution in [3.05, 3.63) is 35.9 Å². The zero-order valence-corrected chi connectivity index (χ0v) is 15.4. The number of piperidine rings is 1. The molecule has 7 nitrogen and oxygen atoms in total. The predicted molar refractivity (Wildman–Crippen MR) is 97.3 cm³/mol. The Morgan fingerprint density at radius 1 is 1.27 bits per heavy atom. The van der Waals surface area contributed by atoms with Gasteiger partial charge in [-0.3, -0.25) is 4.79 Å². The van der Waals surface area contributed by atoms with Crippen LogP contribution in [0.3, 0.4) is 0 Å². The molecule has 0 aliphatic carbocycles. The molecule has 0 radical (unpaired) electrons. The van der Waals surface area contributed by atoms with Crippen LogP contribution in [0.15, 0.2) is 30.3 Å². The number of benzene rings is 1. The summed E-state index contributed by atoms with van der Waals surface area (Å²) >= 11 is 0. The van der Waals surface area contributed by atoms with Gasteiger partial charge in [-0.25, -0.2) is 9.59 Å². The molecule has 0 unspecified atom stereocenters. The van der Waals surface area contributed by atoms with Gasteiger partial charge in [0.15, 0.2) is 6.04 Å². The average Bonchev–Trinajstić information content (AvgIpc) is 2.70. The van der Waals surface area contributed by atoms with Gasteiger partial charge in [0.1, 0.15) is 0 Å². The minimum Gasteiger partial charge on any atom is -0.467 e. The molecule has 1 aromatic rings. The van der Waals surface area contributed by atoms with Crippen LogP contribution in [0.5, 0.6) is 0 Å². The van der Waals surface area contributed by atoms with Crippen molar-refractivity contribution < 1.29 is 19.1 Å². The number of amides is 3. The van der Waals surface area contributed by atoms with E-state index in [1.54, 1.807) is 17.0 Å². The number of nitrogens with zero attached hydrogens (tertiary/aromatic N) is 1. The number of carbonyl (C=O) groups is 3. The maximum Gasteiger partial charge on any atom is 0.333 e. The first-order valence-electron chi connectivity index (χ1n) is 9.00. The highest BCUT2D eigenvalue weighted by Gasteiger charge is 2.29. The summed E-state index contributed by atoms with van der Waals surface area (Å²) in [6.07, 6.45) is 2.29. The van der Waals surface area contributed by atoms with Crippen LogP contribution in [0.1, 0.15) is 37.8 Å². The van der Waals surface area contributed by atoms with E-state index in [0.29, 0.717) is 31.6 Å². The molecule has 1 saturated heterocycles. The van der Waals surface area contributed by atoms with Crippen molar-refractivity contribution in [2.75, 3.05) is 26.7 Å². The number of carbonyl (C=O) groups excluding carboxylic acids is 3. The molecule has 0 spiro atoms. The van der Waals surface area contributed by atoms with E-state index in [0.717, 1.165) is 12.8 Å². The van der Waals surface area contributed by atoms with Gasteiger partial charge in [0.2, 0.25) is 5.91 Å². The molecular formula is C19H27N3O4. The molecule has 1 fully saturated rings. The van der Waals surface area contributed by atoms with Crippen molar-refractivity contribution in [3.8, 4) is 0 Å². The van der Waals surface area contributed by atoms with E-state index in [2.05, 4.69) is 10.6 Å². The molecule has 1 aromatic carbocycles. The van der Waals surface area contributed by atoms with Crippen molar-refractivity contribution in [1.82, 2.24) is 15.5 Å². The first-order chi connectivity index (χ1) is 12.5. The van der Waals surface area contributed by atoms with Crippen molar-refractivity contribution >= 4 is 17.9 Å². The summed E-state index contributed by atoms with van der Waals surface area (Å²) in [6, 6.07) is 7.89. The number of nitrogens with one attached hydrogen (secondary N) is 2. The Balaban J connectivity index is 1.97. The molecule has 2 rings (SSSR count). The summed E-state index contributed by atoms with van der Waals surface area (Å²) in [6.45, 7) is 3.56. The van der Waals surface area contributed by atoms with Crippen LogP contribution in [-0.2, 0) is 14.3 Å². The second kappa shape index (κ2) is 9.79. The van der Waals surface area contributed by atoms with Gasteiger partial charge in [-0.2, -0.15) is 0 Å². The lowest BCUT2D eigenvalue weighted by Crippen LogP contribution is -2.49. The zero-order valence-electron chi connectivity index (χ0n) is 15.4. The summed E-state index contributed by atoms with van der Waals surface area (Å²) in [7, 11) is 1.30. The van der Waals surface area contributed by atoms with Gasteiger partial charge in [-0.15, -0.1) is 0 Å². The number of ether oxygens (including phenoxy) is 1. The Kier molecular flexibility index (Phi) is 7.44. The minimum absolute atomic E-state index is 0.0152. The quantitative estimate of drug-likeness (QED) is 0.757. The van der Waals surface area contributed by atoms with E-state index in [1.807, 2.05) is 25.1 Å². The predicted octanol–water partition coefficient (Wildman–Crippen LogP) is 1.85. The lowest BCUT2D eigenvalue weighted by atomic mass is 9.98. The van der Waals surface area contributed by atoms with Gasteiger partial charge < -0.3 is 20.3 Å². The Bertz CT molecular complexity index is 620. The molecule has 0 saturated carbocycles. The zero-order chi connectivity index (χ0) is 18.9. The van der Waals surface area contributed by atoms with Crippen molar-refractivity contribution in [3.63, 3.8) is 0 Å². The van der Waals surface area contributed by atoms with Gasteiger partial charge in [-0.1, -0.05) is 37.3 Å². The third kappa shape index (κ3) is 5.47. The molecule has 7 heteroatoms. The van der Waals surface area contributed by atoms with E-state index in [-0.39, 0.29) is 17.9 Å². The van der Waals surface area contributed by atoms with Crippen LogP contribution >= 0.6 is 0 Å². The summed E-state index contributed by atoms with van der Waals surface area (Å²) in [4.78, 5) is 37.9. The third-order valence-electron chi connectivity index (χ3n) is 4.55. The van der Waals surface area contributed by atoms with Gasteiger partial charge in [0.25, 0.3) is 0 Å². The van der Waals surface area contributed by atoms with Gasteiger partial charge in [-0.05, 0) is 24.3 Å². The molecule has 2 atom stereocenters. The lowest BCUT2D eigenvalue weighted by molar-refractivity contribution is -0.143. The topological polar surface area (TPSA) is 87.7 Å². The highest BCUT2D eigenvalue weighted by atomic mass is 16.5. The Morgan fingerprint density at radius 2 is 2.00 bits per heavy atom. The van der Waals surface area contributed by atoms with Crippen LogP contribution in [0.2, 0.25) is 0 Å². The minimum atomic E-state index is -0.839. The summed E-state index contributed by atoms with van der Waals surface area (Å²) in [5.74, 6) is -0.270. The van der Waals surface area contributed by atoms with Crippen molar-refractivity contribution in [2.24, 2.45) is 5.92 Å². The number of likely N-dealkylation sites (tertiary alicyclic amines) is 1. The van der Waals surface area contributed by atoms with Crippen molar-refractivity contribution in [2.45, 2.75) is 32.2 Å². The highest BCUT2D eigenvalue weighted by molar-refractivity contribution is 5.84. The summed E-state index contributed by atoms with van der Waals surface area (Å²) < 4.78 is 4.83. The number of urea groups is 1. The van der Waals surface area contributed by atoms with Gasteiger partial charge in [0, 0.05) is 26.1 Å². The maximum absolute atomic E-state index is 12.7. The van der Waals surface area contributed by atoms with Crippen LogP contribution in [0, 0.1) is 5.92 Å². The van der Waals surface area contributed by atoms with E-state index < -0.39 is 12.0 Å². The number of rotatable bonds is 6. The molecule has 1 heterocycles. The molecule has 142 valence electrons. The number of hydrogen-bond acceptors (Lipinski definition) is 4. The number of esters is 1. The first kappa shape index (κ1) is 19.8. The second-order valence-corrected chi connectivity index (χ2v) is 6.43. The molecular weight excluding hydrogens is 334 g/mol. The standard InChI is InChI=1S/C19H27N3O4/c1-3-16(23)20-12-14-8-7-11-22(13-14)19(25)21-17(18(24)26-2)15-9-5-4-6-10-15/h4-6,9-10,14,17H,3,7-8,11-13H2,1-2H3,(H,20,23)(H,21,25)/t14-,17+/m1/s1. The van der Waals surface area contributed by atoms with Crippen LogP contribution < -0.4 is 10.6 Å². The Hall–Kier alpha value is -2.57. The Morgan fingerprint density at radius 3 is 2.65 bits per heavy atom. The smallest absolute Gasteiger partial charge is 0.333 e. The molecule has 1 aliphatic rings. The summed E-state index contributed by atoms with van der Waals surface area (Å²) in [5, 5.41) is 5.66. The number of hydrogen-bond donors (Lipinski definition) is 2. The lowest BCUT2D eigenvalue weighted by Gasteiger charge is -2.33. The molecule has 2 N–H and O–H groups in total. The second-order valence-electron chi connectivity index (χ2n) is 6.43. The third-order valence-corrected chi connectivity index (χ3v) is 4.55. The Labute approximate surface area is 154 Å². The van der Waals surface area contributed by atoms with Crippen LogP contribution in [0.4, 0.5) is 4.79 Å². The molecule has 26 heavy (non-hydrogen) atoms. The SMILES string of the molecule is CCC(=O)NC[C@H]1CCCN(C(=O)N[C@H](C(=O)OC)c2ccccc2)C1. The molecule has 3 amide bonds. The van der Waals surface area contributed by atoms with Gasteiger partial charge >= 0.3 is 12.0 Å². The van der Waals surface area contributed by atoms with E-state index in [1.165, 1.54) is 7.11 Å². The van der Waals surface area contributed by atoms with Crippen molar-refractivity contribution in [1.29, 1.82) is 0 Å². The first-order valence-corrected chi connectivity index (χ1v) is 9.00. The largest absolute Gasteiger partial charge is 0.467 e. The fraction of sp³-hybridized carbons (Fsp3) is 0.526. The molecule has 1 aliphatic heterocycles. The average molecular weight is 361 g/mol. The highest BCUT2D eigenvalue weighted by Crippen LogP contribution is 2.18. The summed E-state index contributed by atoms with van der Waals surface area (Å²) in [5.41, 5.74) is 0.677. The normalized spacial score (nSPS) is 17.9. The fourth-order valence-electron chi connectivity index (χ4n) is 3.06. The number of methoxy groups -OCH3 is 1. The molecule has 0 bridgehead atoms. The van der Waals surface area contributed by atoms with Gasteiger partial charge in [0.05, 0.1) is 7.11 Å². The van der Waals surface area contributed by atoms with Crippen LogP contribution in [0.25, 0.3) is 0 Å². The van der Waals surface area contributed by atoms with E-state index >= 15 is 0 Å². The van der Waals surface area contributed by atoms with Crippen LogP contribution in [-0.4, -0.2) is 49.6 Å². The fourth-order valence-corrected chi connectivity index (χ4v) is 3.06. The van der Waals surface area contributed by atoms with E-state index in [4.69, 9.17) is 4.74 Å². The monoisotopic (exact) mass is 361 g/mol.